The van der Waals surface area contributed by atoms with Crippen LogP contribution in [0.25, 0.3) is 0 Å². The molecule has 1 aliphatic heterocycles. The van der Waals surface area contributed by atoms with Crippen LogP contribution in [-0.2, 0) is 4.79 Å². The lowest BCUT2D eigenvalue weighted by atomic mass is 10.0. The lowest BCUT2D eigenvalue weighted by molar-refractivity contribution is -0.133. The van der Waals surface area contributed by atoms with E-state index in [9.17, 15) is 4.79 Å². The van der Waals surface area contributed by atoms with Gasteiger partial charge in [0.05, 0.1) is 0 Å². The molecule has 0 saturated carbocycles. The summed E-state index contributed by atoms with van der Waals surface area (Å²) in [5.74, 6) is 1.80. The summed E-state index contributed by atoms with van der Waals surface area (Å²) < 4.78 is 5.68. The molecule has 1 fully saturated rings. The smallest absolute Gasteiger partial charge is 0.260 e. The van der Waals surface area contributed by atoms with E-state index in [4.69, 9.17) is 4.74 Å². The number of hydrogen-bond donors (Lipinski definition) is 0. The van der Waals surface area contributed by atoms with E-state index in [1.807, 2.05) is 47.9 Å². The molecule has 1 heterocycles. The molecule has 1 saturated heterocycles. The summed E-state index contributed by atoms with van der Waals surface area (Å²) in [4.78, 5) is 14.5. The zero-order valence-corrected chi connectivity index (χ0v) is 15.7. The number of carbonyl (C=O) groups excluding carboxylic acids is 1. The van der Waals surface area contributed by atoms with Crippen LogP contribution in [-0.4, -0.2) is 36.3 Å². The average molecular weight is 356 g/mol. The number of nitrogens with zero attached hydrogens (tertiary/aromatic N) is 1. The van der Waals surface area contributed by atoms with E-state index in [1.54, 1.807) is 0 Å². The van der Waals surface area contributed by atoms with E-state index in [2.05, 4.69) is 31.2 Å². The third-order valence-electron chi connectivity index (χ3n) is 4.58. The Morgan fingerprint density at radius 1 is 1.16 bits per heavy atom. The highest BCUT2D eigenvalue weighted by Gasteiger charge is 2.23. The molecule has 3 rings (SSSR count). The highest BCUT2D eigenvalue weighted by atomic mass is 32.2. The van der Waals surface area contributed by atoms with E-state index >= 15 is 0 Å². The molecule has 1 aliphatic rings. The fraction of sp³-hybridized carbons (Fsp3) is 0.381. The topological polar surface area (TPSA) is 29.5 Å². The van der Waals surface area contributed by atoms with Gasteiger partial charge in [0.25, 0.3) is 5.91 Å². The molecule has 0 aromatic heterocycles. The lowest BCUT2D eigenvalue weighted by Crippen LogP contribution is -2.36. The van der Waals surface area contributed by atoms with Gasteiger partial charge in [-0.2, -0.15) is 11.8 Å². The fourth-order valence-corrected chi connectivity index (χ4v) is 4.48. The summed E-state index contributed by atoms with van der Waals surface area (Å²) in [7, 11) is 0. The molecule has 0 aliphatic carbocycles. The first-order valence-corrected chi connectivity index (χ1v) is 9.83. The Morgan fingerprint density at radius 2 is 2.00 bits per heavy atom. The van der Waals surface area contributed by atoms with Crippen molar-refractivity contribution in [3.05, 3.63) is 65.2 Å². The van der Waals surface area contributed by atoms with Crippen LogP contribution in [0.2, 0.25) is 0 Å². The maximum Gasteiger partial charge on any atom is 0.260 e. The number of benzene rings is 2. The molecule has 25 heavy (non-hydrogen) atoms. The SMILES string of the molecule is Cc1cccc(OCC(=O)N2CCSC(c3ccccc3C)CC2)c1. The molecule has 0 radical (unpaired) electrons. The number of carbonyl (C=O) groups is 1. The van der Waals surface area contributed by atoms with Gasteiger partial charge >= 0.3 is 0 Å². The predicted octanol–water partition coefficient (Wildman–Crippen LogP) is 4.39. The van der Waals surface area contributed by atoms with Gasteiger partial charge in [-0.25, -0.2) is 0 Å². The molecule has 132 valence electrons. The van der Waals surface area contributed by atoms with Crippen molar-refractivity contribution in [2.75, 3.05) is 25.4 Å². The number of hydrogen-bond acceptors (Lipinski definition) is 3. The van der Waals surface area contributed by atoms with Gasteiger partial charge in [0.1, 0.15) is 5.75 Å². The molecule has 1 amide bonds. The van der Waals surface area contributed by atoms with Crippen LogP contribution in [0.4, 0.5) is 0 Å². The highest BCUT2D eigenvalue weighted by molar-refractivity contribution is 7.99. The Bertz CT molecular complexity index is 731. The fourth-order valence-electron chi connectivity index (χ4n) is 3.16. The van der Waals surface area contributed by atoms with E-state index in [0.29, 0.717) is 5.25 Å². The standard InChI is InChI=1S/C21H25NO2S/c1-16-6-5-8-18(14-16)24-15-21(23)22-11-10-20(25-13-12-22)19-9-4-3-7-17(19)2/h3-9,14,20H,10-13,15H2,1-2H3. The molecule has 4 heteroatoms. The van der Waals surface area contributed by atoms with Crippen molar-refractivity contribution < 1.29 is 9.53 Å². The zero-order valence-electron chi connectivity index (χ0n) is 14.9. The zero-order chi connectivity index (χ0) is 17.6. The average Bonchev–Trinajstić information content (AvgIpc) is 2.86. The molecule has 0 bridgehead atoms. The first-order valence-electron chi connectivity index (χ1n) is 8.78. The van der Waals surface area contributed by atoms with Crippen molar-refractivity contribution in [1.82, 2.24) is 4.90 Å². The van der Waals surface area contributed by atoms with E-state index in [0.717, 1.165) is 36.6 Å². The van der Waals surface area contributed by atoms with Crippen LogP contribution in [0.1, 0.15) is 28.4 Å². The Labute approximate surface area is 154 Å². The minimum absolute atomic E-state index is 0.0764. The largest absolute Gasteiger partial charge is 0.484 e. The van der Waals surface area contributed by atoms with Crippen LogP contribution in [0, 0.1) is 13.8 Å². The second kappa shape index (κ2) is 8.43. The van der Waals surface area contributed by atoms with Gasteiger partial charge in [0, 0.05) is 24.1 Å². The third kappa shape index (κ3) is 4.79. The molecular formula is C21H25NO2S. The van der Waals surface area contributed by atoms with Crippen LogP contribution in [0.5, 0.6) is 5.75 Å². The second-order valence-electron chi connectivity index (χ2n) is 6.49. The van der Waals surface area contributed by atoms with Crippen molar-refractivity contribution in [3.8, 4) is 5.75 Å². The summed E-state index contributed by atoms with van der Waals surface area (Å²) in [6.07, 6.45) is 0.992. The Morgan fingerprint density at radius 3 is 2.80 bits per heavy atom. The Kier molecular flexibility index (Phi) is 6.03. The number of amides is 1. The van der Waals surface area contributed by atoms with Gasteiger partial charge in [-0.05, 0) is 49.1 Å². The van der Waals surface area contributed by atoms with Crippen LogP contribution >= 0.6 is 11.8 Å². The summed E-state index contributed by atoms with van der Waals surface area (Å²) >= 11 is 1.95. The molecule has 3 nitrogen and oxygen atoms in total. The van der Waals surface area contributed by atoms with Gasteiger partial charge < -0.3 is 9.64 Å². The number of aryl methyl sites for hydroxylation is 2. The Balaban J connectivity index is 1.55. The normalized spacial score (nSPS) is 17.8. The minimum Gasteiger partial charge on any atom is -0.484 e. The van der Waals surface area contributed by atoms with E-state index < -0.39 is 0 Å². The van der Waals surface area contributed by atoms with Gasteiger partial charge in [-0.1, -0.05) is 36.4 Å². The van der Waals surface area contributed by atoms with Gasteiger partial charge in [0.15, 0.2) is 6.61 Å². The van der Waals surface area contributed by atoms with Crippen molar-refractivity contribution >= 4 is 17.7 Å². The molecular weight excluding hydrogens is 330 g/mol. The lowest BCUT2D eigenvalue weighted by Gasteiger charge is -2.21. The summed E-state index contributed by atoms with van der Waals surface area (Å²) in [6, 6.07) is 16.4. The molecule has 1 unspecified atom stereocenters. The van der Waals surface area contributed by atoms with Crippen LogP contribution in [0.15, 0.2) is 48.5 Å². The van der Waals surface area contributed by atoms with Crippen molar-refractivity contribution in [2.24, 2.45) is 0 Å². The van der Waals surface area contributed by atoms with Crippen molar-refractivity contribution in [3.63, 3.8) is 0 Å². The third-order valence-corrected chi connectivity index (χ3v) is 5.89. The summed E-state index contributed by atoms with van der Waals surface area (Å²) in [6.45, 7) is 5.89. The molecule has 0 spiro atoms. The van der Waals surface area contributed by atoms with Crippen molar-refractivity contribution in [2.45, 2.75) is 25.5 Å². The highest BCUT2D eigenvalue weighted by Crippen LogP contribution is 2.35. The van der Waals surface area contributed by atoms with Crippen molar-refractivity contribution in [1.29, 1.82) is 0 Å². The van der Waals surface area contributed by atoms with Gasteiger partial charge in [-0.15, -0.1) is 0 Å². The second-order valence-corrected chi connectivity index (χ2v) is 7.80. The number of ether oxygens (including phenoxy) is 1. The summed E-state index contributed by atoms with van der Waals surface area (Å²) in [5.41, 5.74) is 3.87. The molecule has 2 aromatic carbocycles. The van der Waals surface area contributed by atoms with Crippen LogP contribution in [0.3, 0.4) is 0 Å². The maximum absolute atomic E-state index is 12.5. The maximum atomic E-state index is 12.5. The Hall–Kier alpha value is -1.94. The summed E-state index contributed by atoms with van der Waals surface area (Å²) in [5, 5.41) is 0.469. The monoisotopic (exact) mass is 355 g/mol. The van der Waals surface area contributed by atoms with Gasteiger partial charge in [0.2, 0.25) is 0 Å². The molecule has 1 atom stereocenters. The number of rotatable bonds is 4. The van der Waals surface area contributed by atoms with E-state index in [-0.39, 0.29) is 12.5 Å². The molecule has 0 N–H and O–H groups in total. The minimum atomic E-state index is 0.0764. The van der Waals surface area contributed by atoms with Crippen LogP contribution < -0.4 is 4.74 Å². The predicted molar refractivity (Wildman–Crippen MR) is 104 cm³/mol. The first-order chi connectivity index (χ1) is 12.1. The quantitative estimate of drug-likeness (QED) is 0.815. The van der Waals surface area contributed by atoms with Gasteiger partial charge in [-0.3, -0.25) is 4.79 Å². The van der Waals surface area contributed by atoms with E-state index in [1.165, 1.54) is 11.1 Å². The molecule has 2 aromatic rings. The number of thioether (sulfide) groups is 1. The first kappa shape index (κ1) is 17.9.